The van der Waals surface area contributed by atoms with Crippen LogP contribution in [-0.4, -0.2) is 93.3 Å². The van der Waals surface area contributed by atoms with E-state index in [9.17, 15) is 45.2 Å². The fourth-order valence-corrected chi connectivity index (χ4v) is 9.37. The van der Waals surface area contributed by atoms with Crippen LogP contribution >= 0.6 is 12.4 Å². The molecule has 0 spiro atoms. The van der Waals surface area contributed by atoms with Crippen molar-refractivity contribution in [2.45, 2.75) is 87.1 Å². The number of hydrogen-bond donors (Lipinski definition) is 1. The van der Waals surface area contributed by atoms with Crippen LogP contribution in [0.15, 0.2) is 231 Å². The first-order valence-electron chi connectivity index (χ1n) is 33.4. The highest BCUT2D eigenvalue weighted by Gasteiger charge is 2.31. The molecule has 0 saturated carbocycles. The molecule has 0 heterocycles. The Morgan fingerprint density at radius 1 is 0.405 bits per heavy atom. The van der Waals surface area contributed by atoms with Gasteiger partial charge < -0.3 is 18.8 Å². The zero-order valence-corrected chi connectivity index (χ0v) is 65.4. The van der Waals surface area contributed by atoms with Crippen molar-refractivity contribution in [2.24, 2.45) is 0 Å². The standard InChI is InChI=1S/C22H24O5S.C22H24O2.C20H17F3O2.C19H17FO.ClH.3O3S/c1-4-28(25,26)27-22-12-9-20(17(3)14-22)8-11-21(24)10-7-19-6-5-18(15-23)13-16(19)2;1-3-15-24-22-10-6-9-20(17-22)12-14-21(23)13-11-19-8-5-7-18(4-2)16-19;1-2-15-5-3-6-16(13-15)9-11-18(24)12-10-17-7-4-8-19(14-17)25-20(21,22)23;1-2-15-5-3-6-16(13-15)9-11-19(21)12-10-17-7-4-8-18(20)14-17;;3*1-4(2)3/h5-14,23H,4,15H2,1-3H3;5-14,16-17H,3-4,15H2,1-2H3;3-14H,2H2,1H3;3-14H,2H2,1H3;1H;;;/b10-7+,11-8+;13-11+,14-12+;2*11-9+,12-10+;;;;. The van der Waals surface area contributed by atoms with Gasteiger partial charge in [-0.25, -0.2) is 4.39 Å². The maximum absolute atomic E-state index is 13.0. The van der Waals surface area contributed by atoms with Gasteiger partial charge in [-0.1, -0.05) is 210 Å². The highest BCUT2D eigenvalue weighted by atomic mass is 35.5. The molecule has 0 unspecified atom stereocenters. The zero-order chi connectivity index (χ0) is 82.0. The van der Waals surface area contributed by atoms with Crippen molar-refractivity contribution in [1.82, 2.24) is 0 Å². The number of ether oxygens (including phenoxy) is 2. The molecular weight excluding hydrogens is 1540 g/mol. The van der Waals surface area contributed by atoms with Gasteiger partial charge in [0.1, 0.15) is 23.1 Å². The summed E-state index contributed by atoms with van der Waals surface area (Å²) in [6.45, 7) is 14.3. The molecule has 0 aliphatic carbocycles. The number of halogens is 5. The van der Waals surface area contributed by atoms with Gasteiger partial charge in [0, 0.05) is 0 Å². The van der Waals surface area contributed by atoms with Gasteiger partial charge in [-0.15, -0.1) is 63.5 Å². The highest BCUT2D eigenvalue weighted by Crippen LogP contribution is 2.25. The molecule has 0 aliphatic rings. The predicted molar refractivity (Wildman–Crippen MR) is 426 cm³/mol. The third kappa shape index (κ3) is 47.2. The smallest absolute Gasteiger partial charge is 0.494 e. The lowest BCUT2D eigenvalue weighted by Crippen LogP contribution is -2.17. The summed E-state index contributed by atoms with van der Waals surface area (Å²) >= 11 is 0. The number of hydrogen-bond acceptors (Lipinski definition) is 19. The first-order valence-corrected chi connectivity index (χ1v) is 38.0. The van der Waals surface area contributed by atoms with Crippen molar-refractivity contribution in [1.29, 1.82) is 0 Å². The van der Waals surface area contributed by atoms with Crippen LogP contribution in [0.4, 0.5) is 17.6 Å². The van der Waals surface area contributed by atoms with E-state index in [1.54, 1.807) is 78.9 Å². The molecule has 0 radical (unpaired) electrons. The lowest BCUT2D eigenvalue weighted by atomic mass is 10.0. The largest absolute Gasteiger partial charge is 0.573 e. The number of carbonyl (C=O) groups excluding carboxylic acids is 4. The molecule has 588 valence electrons. The molecule has 0 aliphatic heterocycles. The predicted octanol–water partition coefficient (Wildman–Crippen LogP) is 16.7. The normalized spacial score (nSPS) is 11.0. The van der Waals surface area contributed by atoms with E-state index in [1.165, 1.54) is 96.5 Å². The molecule has 8 aromatic rings. The average Bonchev–Trinajstić information content (AvgIpc) is 0.852. The molecule has 0 aromatic heterocycles. The lowest BCUT2D eigenvalue weighted by molar-refractivity contribution is -0.274. The molecule has 0 atom stereocenters. The summed E-state index contributed by atoms with van der Waals surface area (Å²) in [5.41, 5.74) is 13.0. The lowest BCUT2D eigenvalue weighted by Gasteiger charge is -2.08. The topological polar surface area (TPSA) is 304 Å². The van der Waals surface area contributed by atoms with Gasteiger partial charge in [0.15, 0.2) is 23.1 Å². The summed E-state index contributed by atoms with van der Waals surface area (Å²) in [5.74, 6) is -0.231. The monoisotopic (exact) mass is 1620 g/mol. The van der Waals surface area contributed by atoms with Gasteiger partial charge in [0.2, 0.25) is 0 Å². The van der Waals surface area contributed by atoms with E-state index in [0.717, 1.165) is 81.5 Å². The Hall–Kier alpha value is -11.5. The fraction of sp³-hybridized carbons (Fsp3) is 0.181. The van der Waals surface area contributed by atoms with Crippen molar-refractivity contribution >= 4 is 126 Å². The molecule has 8 aromatic carbocycles. The minimum Gasteiger partial charge on any atom is -0.494 e. The van der Waals surface area contributed by atoms with Gasteiger partial charge >= 0.3 is 48.3 Å². The maximum atomic E-state index is 13.0. The van der Waals surface area contributed by atoms with E-state index in [0.29, 0.717) is 17.7 Å². The van der Waals surface area contributed by atoms with Crippen LogP contribution in [0.5, 0.6) is 17.2 Å². The quantitative estimate of drug-likeness (QED) is 0.0284. The van der Waals surface area contributed by atoms with Gasteiger partial charge in [0.25, 0.3) is 0 Å². The summed E-state index contributed by atoms with van der Waals surface area (Å²) in [7, 11) is -12.9. The van der Waals surface area contributed by atoms with Gasteiger partial charge in [-0.05, 0) is 221 Å². The van der Waals surface area contributed by atoms with E-state index < -0.39 is 48.3 Å². The van der Waals surface area contributed by atoms with Gasteiger partial charge in [0.05, 0.1) is 19.0 Å². The molecule has 19 nitrogen and oxygen atoms in total. The molecule has 28 heteroatoms. The number of aliphatic hydroxyl groups is 1. The fourth-order valence-electron chi connectivity index (χ4n) is 8.86. The average molecular weight is 1620 g/mol. The maximum Gasteiger partial charge on any atom is 0.573 e. The van der Waals surface area contributed by atoms with E-state index in [1.807, 2.05) is 124 Å². The van der Waals surface area contributed by atoms with Crippen LogP contribution in [0.1, 0.15) is 119 Å². The second-order valence-electron chi connectivity index (χ2n) is 22.6. The Labute approximate surface area is 654 Å². The minimum absolute atomic E-state index is 0. The van der Waals surface area contributed by atoms with Crippen molar-refractivity contribution < 1.29 is 102 Å². The molecule has 111 heavy (non-hydrogen) atoms. The SMILES string of the molecule is CCCOc1cccc(/C=C/C(=O)/C=C/c2cccc(CC)c2)c1.CCS(=O)(=O)Oc1ccc(/C=C/C(=O)/C=C/c2ccc(CO)cc2C)c(C)c1.CCc1cccc(/C=C/C(=O)/C=C/c2cccc(F)c2)c1.CCc1cccc(/C=C/C(=O)/C=C/c2cccc(OC(F)(F)F)c2)c1.Cl.O=S(=O)=O.O=S(=O)=O.O=S(=O)=O. The highest BCUT2D eigenvalue weighted by molar-refractivity contribution is 7.87. The molecule has 0 amide bonds. The van der Waals surface area contributed by atoms with E-state index in [4.69, 9.17) is 51.9 Å². The van der Waals surface area contributed by atoms with Crippen molar-refractivity contribution in [3.05, 3.63) is 314 Å². The number of allylic oxidation sites excluding steroid dienone is 8. The number of rotatable bonds is 27. The summed E-state index contributed by atoms with van der Waals surface area (Å²) in [5, 5.41) is 9.14. The Balaban J connectivity index is 0.000000704. The molecule has 0 fully saturated rings. The van der Waals surface area contributed by atoms with Crippen LogP contribution < -0.4 is 13.7 Å². The van der Waals surface area contributed by atoms with E-state index in [-0.39, 0.29) is 65.2 Å². The second kappa shape index (κ2) is 54.2. The van der Waals surface area contributed by atoms with Crippen molar-refractivity contribution in [3.8, 4) is 17.2 Å². The van der Waals surface area contributed by atoms with Crippen LogP contribution in [-0.2, 0) is 87.0 Å². The van der Waals surface area contributed by atoms with Crippen molar-refractivity contribution in [3.63, 3.8) is 0 Å². The second-order valence-corrected chi connectivity index (χ2v) is 25.7. The van der Waals surface area contributed by atoms with Gasteiger partial charge in [-0.3, -0.25) is 19.2 Å². The molecular formula is C83H83ClF4O19S4. The molecule has 0 bridgehead atoms. The molecule has 0 saturated heterocycles. The van der Waals surface area contributed by atoms with E-state index in [2.05, 4.69) is 49.8 Å². The first kappa shape index (κ1) is 97.6. The number of alkyl halides is 3. The van der Waals surface area contributed by atoms with Gasteiger partial charge in [-0.2, -0.15) is 8.42 Å². The Bertz CT molecular complexity index is 5020. The van der Waals surface area contributed by atoms with Crippen LogP contribution in [0.3, 0.4) is 0 Å². The summed E-state index contributed by atoms with van der Waals surface area (Å²) in [6, 6.07) is 53.8. The number of ketones is 4. The Morgan fingerprint density at radius 2 is 0.730 bits per heavy atom. The minimum atomic E-state index is -4.74. The van der Waals surface area contributed by atoms with Crippen molar-refractivity contribution in [2.75, 3.05) is 12.4 Å². The third-order valence-corrected chi connectivity index (χ3v) is 15.3. The number of carbonyl (C=O) groups is 4. The molecule has 1 N–H and O–H groups in total. The molecule has 8 rings (SSSR count). The Kier molecular flexibility index (Phi) is 47.6. The number of benzene rings is 8. The summed E-state index contributed by atoms with van der Waals surface area (Å²) < 4.78 is 163. The summed E-state index contributed by atoms with van der Waals surface area (Å²) in [4.78, 5) is 47.7. The third-order valence-electron chi connectivity index (χ3n) is 14.2. The van der Waals surface area contributed by atoms with Crippen LogP contribution in [0.2, 0.25) is 0 Å². The Morgan fingerprint density at radius 3 is 1.06 bits per heavy atom. The summed E-state index contributed by atoms with van der Waals surface area (Å²) in [6.07, 6.45) is 24.5. The zero-order valence-electron chi connectivity index (χ0n) is 61.4. The van der Waals surface area contributed by atoms with E-state index >= 15 is 0 Å². The number of aryl methyl sites for hydroxylation is 5. The first-order chi connectivity index (χ1) is 52.2. The number of aliphatic hydroxyl groups excluding tert-OH is 1. The van der Waals surface area contributed by atoms with Crippen LogP contribution in [0, 0.1) is 19.7 Å². The van der Waals surface area contributed by atoms with Crippen LogP contribution in [0.25, 0.3) is 48.6 Å².